The van der Waals surface area contributed by atoms with Gasteiger partial charge < -0.3 is 15.4 Å². The highest BCUT2D eigenvalue weighted by Gasteiger charge is 2.21. The zero-order valence-electron chi connectivity index (χ0n) is 15.4. The predicted molar refractivity (Wildman–Crippen MR) is 103 cm³/mol. The van der Waals surface area contributed by atoms with Gasteiger partial charge in [0, 0.05) is 28.9 Å². The number of cyclic esters (lactones) is 1. The molecule has 0 aromatic heterocycles. The van der Waals surface area contributed by atoms with Gasteiger partial charge in [-0.15, -0.1) is 0 Å². The standard InChI is InChI=1S/C21H22N2O4/c1-3-4-5-19(24)23-18-11-14(7-6-13(18)2)20(25)22-16-8-9-17-15(10-16)12-27-21(17)26/h6-11H,3-5,12H2,1-2H3,(H,22,25)(H,23,24). The van der Waals surface area contributed by atoms with Crippen molar-refractivity contribution in [3.8, 4) is 0 Å². The Morgan fingerprint density at radius 1 is 1.11 bits per heavy atom. The Kier molecular flexibility index (Phi) is 5.54. The van der Waals surface area contributed by atoms with Gasteiger partial charge in [0.25, 0.3) is 5.91 Å². The number of hydrogen-bond acceptors (Lipinski definition) is 4. The van der Waals surface area contributed by atoms with Crippen LogP contribution in [0.4, 0.5) is 11.4 Å². The number of anilines is 2. The van der Waals surface area contributed by atoms with E-state index in [4.69, 9.17) is 4.74 Å². The quantitative estimate of drug-likeness (QED) is 0.756. The second kappa shape index (κ2) is 8.03. The molecule has 0 aliphatic carbocycles. The lowest BCUT2D eigenvalue weighted by molar-refractivity contribution is -0.116. The Morgan fingerprint density at radius 3 is 2.70 bits per heavy atom. The number of amides is 2. The third-order valence-corrected chi connectivity index (χ3v) is 4.47. The fraction of sp³-hybridized carbons (Fsp3) is 0.286. The van der Waals surface area contributed by atoms with E-state index in [-0.39, 0.29) is 24.4 Å². The Balaban J connectivity index is 1.72. The van der Waals surface area contributed by atoms with Gasteiger partial charge in [-0.05, 0) is 49.2 Å². The van der Waals surface area contributed by atoms with Gasteiger partial charge in [0.2, 0.25) is 5.91 Å². The van der Waals surface area contributed by atoms with Gasteiger partial charge in [-0.25, -0.2) is 4.79 Å². The van der Waals surface area contributed by atoms with Gasteiger partial charge in [-0.1, -0.05) is 19.4 Å². The van der Waals surface area contributed by atoms with E-state index in [0.29, 0.717) is 28.9 Å². The van der Waals surface area contributed by atoms with Crippen LogP contribution in [0.2, 0.25) is 0 Å². The molecular formula is C21H22N2O4. The van der Waals surface area contributed by atoms with E-state index < -0.39 is 0 Å². The molecule has 0 atom stereocenters. The molecule has 0 saturated heterocycles. The third kappa shape index (κ3) is 4.34. The van der Waals surface area contributed by atoms with E-state index >= 15 is 0 Å². The molecule has 3 rings (SSSR count). The summed E-state index contributed by atoms with van der Waals surface area (Å²) in [5, 5.41) is 5.69. The van der Waals surface area contributed by atoms with Crippen LogP contribution in [0.15, 0.2) is 36.4 Å². The average molecular weight is 366 g/mol. The van der Waals surface area contributed by atoms with Gasteiger partial charge in [-0.2, -0.15) is 0 Å². The van der Waals surface area contributed by atoms with Crippen molar-refractivity contribution in [3.05, 3.63) is 58.7 Å². The Bertz CT molecular complexity index is 905. The summed E-state index contributed by atoms with van der Waals surface area (Å²) >= 11 is 0. The zero-order chi connectivity index (χ0) is 19.4. The summed E-state index contributed by atoms with van der Waals surface area (Å²) in [6.45, 7) is 4.13. The highest BCUT2D eigenvalue weighted by molar-refractivity contribution is 6.06. The predicted octanol–water partition coefficient (Wildman–Crippen LogP) is 4.05. The lowest BCUT2D eigenvalue weighted by Gasteiger charge is -2.11. The smallest absolute Gasteiger partial charge is 0.338 e. The molecule has 0 radical (unpaired) electrons. The van der Waals surface area contributed by atoms with Crippen LogP contribution in [0.5, 0.6) is 0 Å². The minimum atomic E-state index is -0.343. The van der Waals surface area contributed by atoms with E-state index in [2.05, 4.69) is 10.6 Å². The summed E-state index contributed by atoms with van der Waals surface area (Å²) in [7, 11) is 0. The van der Waals surface area contributed by atoms with Crippen molar-refractivity contribution in [1.82, 2.24) is 0 Å². The highest BCUT2D eigenvalue weighted by atomic mass is 16.5. The minimum absolute atomic E-state index is 0.0548. The van der Waals surface area contributed by atoms with Crippen LogP contribution >= 0.6 is 0 Å². The number of aryl methyl sites for hydroxylation is 1. The highest BCUT2D eigenvalue weighted by Crippen LogP contribution is 2.24. The Labute approximate surface area is 157 Å². The normalized spacial score (nSPS) is 12.3. The first-order chi connectivity index (χ1) is 13.0. The average Bonchev–Trinajstić information content (AvgIpc) is 3.02. The van der Waals surface area contributed by atoms with Crippen LogP contribution in [0, 0.1) is 6.92 Å². The monoisotopic (exact) mass is 366 g/mol. The maximum atomic E-state index is 12.6. The second-order valence-electron chi connectivity index (χ2n) is 6.58. The molecule has 0 bridgehead atoms. The fourth-order valence-corrected chi connectivity index (χ4v) is 2.86. The van der Waals surface area contributed by atoms with Gasteiger partial charge in [-0.3, -0.25) is 9.59 Å². The van der Waals surface area contributed by atoms with Crippen molar-refractivity contribution in [1.29, 1.82) is 0 Å². The number of benzene rings is 2. The van der Waals surface area contributed by atoms with Crippen molar-refractivity contribution in [2.75, 3.05) is 10.6 Å². The first kappa shape index (κ1) is 18.6. The molecule has 140 valence electrons. The molecule has 1 aliphatic heterocycles. The summed E-state index contributed by atoms with van der Waals surface area (Å²) in [5.74, 6) is -0.685. The number of ether oxygens (including phenoxy) is 1. The first-order valence-corrected chi connectivity index (χ1v) is 9.00. The Hall–Kier alpha value is -3.15. The number of esters is 1. The lowest BCUT2D eigenvalue weighted by Crippen LogP contribution is -2.15. The number of carbonyl (C=O) groups excluding carboxylic acids is 3. The molecule has 0 fully saturated rings. The lowest BCUT2D eigenvalue weighted by atomic mass is 10.1. The molecule has 27 heavy (non-hydrogen) atoms. The van der Waals surface area contributed by atoms with Crippen LogP contribution in [-0.2, 0) is 16.1 Å². The van der Waals surface area contributed by atoms with Crippen molar-refractivity contribution < 1.29 is 19.1 Å². The molecule has 0 spiro atoms. The second-order valence-corrected chi connectivity index (χ2v) is 6.58. The van der Waals surface area contributed by atoms with Gasteiger partial charge in [0.05, 0.1) is 5.56 Å². The number of hydrogen-bond donors (Lipinski definition) is 2. The van der Waals surface area contributed by atoms with Crippen molar-refractivity contribution in [2.45, 2.75) is 39.7 Å². The largest absolute Gasteiger partial charge is 0.457 e. The fourth-order valence-electron chi connectivity index (χ4n) is 2.86. The number of rotatable bonds is 6. The van der Waals surface area contributed by atoms with Gasteiger partial charge in [0.1, 0.15) is 6.61 Å². The van der Waals surface area contributed by atoms with E-state index in [1.165, 1.54) is 0 Å². The van der Waals surface area contributed by atoms with E-state index in [1.54, 1.807) is 36.4 Å². The zero-order valence-corrected chi connectivity index (χ0v) is 15.4. The molecule has 2 aromatic carbocycles. The number of unbranched alkanes of at least 4 members (excludes halogenated alkanes) is 1. The van der Waals surface area contributed by atoms with Crippen LogP contribution < -0.4 is 10.6 Å². The van der Waals surface area contributed by atoms with Gasteiger partial charge >= 0.3 is 5.97 Å². The summed E-state index contributed by atoms with van der Waals surface area (Å²) in [6.07, 6.45) is 2.24. The van der Waals surface area contributed by atoms with E-state index in [1.807, 2.05) is 13.8 Å². The number of fused-ring (bicyclic) bond motifs is 1. The molecule has 2 N–H and O–H groups in total. The molecule has 2 amide bonds. The van der Waals surface area contributed by atoms with E-state index in [9.17, 15) is 14.4 Å². The van der Waals surface area contributed by atoms with Crippen LogP contribution in [0.1, 0.15) is 58.0 Å². The minimum Gasteiger partial charge on any atom is -0.457 e. The summed E-state index contributed by atoms with van der Waals surface area (Å²) in [5.41, 5.74) is 3.85. The molecule has 0 saturated carbocycles. The van der Waals surface area contributed by atoms with Gasteiger partial charge in [0.15, 0.2) is 0 Å². The van der Waals surface area contributed by atoms with Crippen LogP contribution in [0.25, 0.3) is 0 Å². The SMILES string of the molecule is CCCCC(=O)Nc1cc(C(=O)Nc2ccc3c(c2)COC3=O)ccc1C. The maximum Gasteiger partial charge on any atom is 0.338 e. The molecule has 1 heterocycles. The topological polar surface area (TPSA) is 84.5 Å². The Morgan fingerprint density at radius 2 is 1.93 bits per heavy atom. The molecule has 0 unspecified atom stereocenters. The number of nitrogens with one attached hydrogen (secondary N) is 2. The van der Waals surface area contributed by atoms with Crippen LogP contribution in [0.3, 0.4) is 0 Å². The molecule has 6 heteroatoms. The molecule has 1 aliphatic rings. The summed E-state index contributed by atoms with van der Waals surface area (Å²) < 4.78 is 4.97. The maximum absolute atomic E-state index is 12.6. The molecular weight excluding hydrogens is 344 g/mol. The van der Waals surface area contributed by atoms with Crippen LogP contribution in [-0.4, -0.2) is 17.8 Å². The summed E-state index contributed by atoms with van der Waals surface area (Å²) in [4.78, 5) is 36.1. The first-order valence-electron chi connectivity index (χ1n) is 9.00. The molecule has 2 aromatic rings. The van der Waals surface area contributed by atoms with Crippen molar-refractivity contribution in [3.63, 3.8) is 0 Å². The van der Waals surface area contributed by atoms with Crippen molar-refractivity contribution in [2.24, 2.45) is 0 Å². The number of carbonyl (C=O) groups is 3. The van der Waals surface area contributed by atoms with E-state index in [0.717, 1.165) is 24.0 Å². The third-order valence-electron chi connectivity index (χ3n) is 4.47. The molecule has 6 nitrogen and oxygen atoms in total. The van der Waals surface area contributed by atoms with Crippen molar-refractivity contribution >= 4 is 29.2 Å². The summed E-state index contributed by atoms with van der Waals surface area (Å²) in [6, 6.07) is 10.2.